The van der Waals surface area contributed by atoms with Gasteiger partial charge in [0.2, 0.25) is 5.91 Å². The van der Waals surface area contributed by atoms with Gasteiger partial charge in [-0.25, -0.2) is 4.79 Å². The Labute approximate surface area is 71.5 Å². The number of carbonyl (C=O) groups is 2. The van der Waals surface area contributed by atoms with Crippen molar-refractivity contribution < 1.29 is 9.59 Å². The van der Waals surface area contributed by atoms with Crippen molar-refractivity contribution in [1.82, 2.24) is 5.32 Å². The molecule has 3 amide bonds. The van der Waals surface area contributed by atoms with Crippen LogP contribution in [-0.2, 0) is 4.79 Å². The maximum absolute atomic E-state index is 10.9. The van der Waals surface area contributed by atoms with E-state index in [4.69, 9.17) is 5.73 Å². The van der Waals surface area contributed by atoms with Crippen LogP contribution in [0.25, 0.3) is 0 Å². The molecular formula is C8H14N2O2. The van der Waals surface area contributed by atoms with Gasteiger partial charge in [-0.15, -0.1) is 0 Å². The lowest BCUT2D eigenvalue weighted by Gasteiger charge is -2.24. The molecule has 0 radical (unpaired) electrons. The third kappa shape index (κ3) is 2.90. The van der Waals surface area contributed by atoms with Gasteiger partial charge in [0, 0.05) is 6.42 Å². The summed E-state index contributed by atoms with van der Waals surface area (Å²) in [5.41, 5.74) is 4.78. The summed E-state index contributed by atoms with van der Waals surface area (Å²) in [7, 11) is 0. The molecule has 0 heterocycles. The van der Waals surface area contributed by atoms with Crippen LogP contribution in [0.3, 0.4) is 0 Å². The lowest BCUT2D eigenvalue weighted by atomic mass is 9.82. The van der Waals surface area contributed by atoms with E-state index >= 15 is 0 Å². The number of rotatable bonds is 3. The fourth-order valence-corrected chi connectivity index (χ4v) is 1.32. The molecule has 4 nitrogen and oxygen atoms in total. The lowest BCUT2D eigenvalue weighted by molar-refractivity contribution is -0.120. The second kappa shape index (κ2) is 4.09. The molecule has 0 spiro atoms. The number of nitrogens with one attached hydrogen (secondary N) is 1. The first kappa shape index (κ1) is 9.03. The maximum Gasteiger partial charge on any atom is 0.318 e. The van der Waals surface area contributed by atoms with E-state index in [0.717, 1.165) is 6.42 Å². The molecule has 0 aromatic rings. The summed E-state index contributed by atoms with van der Waals surface area (Å²) in [6, 6.07) is -0.756. The average Bonchev–Trinajstić information content (AvgIpc) is 1.81. The second-order valence-electron chi connectivity index (χ2n) is 3.25. The molecule has 1 saturated carbocycles. The number of amides is 3. The molecular weight excluding hydrogens is 156 g/mol. The van der Waals surface area contributed by atoms with Crippen molar-refractivity contribution in [2.45, 2.75) is 32.1 Å². The van der Waals surface area contributed by atoms with Crippen molar-refractivity contribution in [3.05, 3.63) is 0 Å². The third-order valence-electron chi connectivity index (χ3n) is 2.27. The largest absolute Gasteiger partial charge is 0.351 e. The lowest BCUT2D eigenvalue weighted by Crippen LogP contribution is -2.35. The third-order valence-corrected chi connectivity index (χ3v) is 2.27. The predicted molar refractivity (Wildman–Crippen MR) is 44.3 cm³/mol. The number of carbonyl (C=O) groups excluding carboxylic acids is 2. The summed E-state index contributed by atoms with van der Waals surface area (Å²) in [4.78, 5) is 21.1. The average molecular weight is 170 g/mol. The fourth-order valence-electron chi connectivity index (χ4n) is 1.32. The van der Waals surface area contributed by atoms with Crippen LogP contribution in [0.1, 0.15) is 32.1 Å². The van der Waals surface area contributed by atoms with Gasteiger partial charge in [-0.3, -0.25) is 10.1 Å². The SMILES string of the molecule is NC(=O)NC(=O)CCC1CCC1. The minimum atomic E-state index is -0.756. The Bertz CT molecular complexity index is 187. The minimum absolute atomic E-state index is 0.255. The van der Waals surface area contributed by atoms with Crippen molar-refractivity contribution in [3.63, 3.8) is 0 Å². The van der Waals surface area contributed by atoms with Crippen molar-refractivity contribution >= 4 is 11.9 Å². The number of urea groups is 1. The Morgan fingerprint density at radius 2 is 2.08 bits per heavy atom. The molecule has 0 atom stereocenters. The normalized spacial score (nSPS) is 16.7. The molecule has 1 fully saturated rings. The number of hydrogen-bond donors (Lipinski definition) is 2. The zero-order valence-corrected chi connectivity index (χ0v) is 7.01. The topological polar surface area (TPSA) is 72.2 Å². The standard InChI is InChI=1S/C8H14N2O2/c9-8(12)10-7(11)5-4-6-2-1-3-6/h6H,1-5H2,(H3,9,10,11,12). The zero-order valence-electron chi connectivity index (χ0n) is 7.01. The van der Waals surface area contributed by atoms with Crippen LogP contribution >= 0.6 is 0 Å². The summed E-state index contributed by atoms with van der Waals surface area (Å²) >= 11 is 0. The van der Waals surface area contributed by atoms with Crippen LogP contribution in [0, 0.1) is 5.92 Å². The number of imide groups is 1. The van der Waals surface area contributed by atoms with E-state index in [1.807, 2.05) is 5.32 Å². The summed E-state index contributed by atoms with van der Waals surface area (Å²) in [6.45, 7) is 0. The molecule has 4 heteroatoms. The first-order chi connectivity index (χ1) is 5.68. The molecule has 3 N–H and O–H groups in total. The van der Waals surface area contributed by atoms with Gasteiger partial charge in [-0.05, 0) is 12.3 Å². The van der Waals surface area contributed by atoms with Crippen LogP contribution in [0.2, 0.25) is 0 Å². The predicted octanol–water partition coefficient (Wildman–Crippen LogP) is 0.762. The van der Waals surface area contributed by atoms with Crippen LogP contribution in [0.15, 0.2) is 0 Å². The first-order valence-corrected chi connectivity index (χ1v) is 4.28. The second-order valence-corrected chi connectivity index (χ2v) is 3.25. The minimum Gasteiger partial charge on any atom is -0.351 e. The van der Waals surface area contributed by atoms with Crippen LogP contribution in [0.4, 0.5) is 4.79 Å². The van der Waals surface area contributed by atoms with E-state index in [9.17, 15) is 9.59 Å². The van der Waals surface area contributed by atoms with E-state index in [0.29, 0.717) is 12.3 Å². The van der Waals surface area contributed by atoms with Gasteiger partial charge >= 0.3 is 6.03 Å². The van der Waals surface area contributed by atoms with Gasteiger partial charge in [0.25, 0.3) is 0 Å². The summed E-state index contributed by atoms with van der Waals surface area (Å²) in [5, 5.41) is 2.05. The van der Waals surface area contributed by atoms with E-state index in [2.05, 4.69) is 0 Å². The Kier molecular flexibility index (Phi) is 3.08. The van der Waals surface area contributed by atoms with E-state index < -0.39 is 6.03 Å². The van der Waals surface area contributed by atoms with Crippen molar-refractivity contribution in [1.29, 1.82) is 0 Å². The first-order valence-electron chi connectivity index (χ1n) is 4.28. The van der Waals surface area contributed by atoms with Gasteiger partial charge in [0.05, 0.1) is 0 Å². The van der Waals surface area contributed by atoms with Gasteiger partial charge < -0.3 is 5.73 Å². The van der Waals surface area contributed by atoms with E-state index in [1.54, 1.807) is 0 Å². The smallest absolute Gasteiger partial charge is 0.318 e. The molecule has 0 aromatic carbocycles. The molecule has 68 valence electrons. The quantitative estimate of drug-likeness (QED) is 0.656. The maximum atomic E-state index is 10.9. The molecule has 1 aliphatic carbocycles. The highest BCUT2D eigenvalue weighted by molar-refractivity contribution is 5.93. The molecule has 12 heavy (non-hydrogen) atoms. The van der Waals surface area contributed by atoms with Crippen molar-refractivity contribution in [2.24, 2.45) is 11.7 Å². The summed E-state index contributed by atoms with van der Waals surface area (Å²) in [6.07, 6.45) is 5.04. The van der Waals surface area contributed by atoms with Crippen molar-refractivity contribution in [2.75, 3.05) is 0 Å². The van der Waals surface area contributed by atoms with Gasteiger partial charge in [-0.2, -0.15) is 0 Å². The molecule has 0 aromatic heterocycles. The Morgan fingerprint density at radius 1 is 1.42 bits per heavy atom. The Morgan fingerprint density at radius 3 is 2.50 bits per heavy atom. The highest BCUT2D eigenvalue weighted by Gasteiger charge is 2.18. The van der Waals surface area contributed by atoms with Gasteiger partial charge in [0.15, 0.2) is 0 Å². The Hall–Kier alpha value is -1.06. The summed E-state index contributed by atoms with van der Waals surface area (Å²) < 4.78 is 0. The van der Waals surface area contributed by atoms with Crippen LogP contribution in [0.5, 0.6) is 0 Å². The molecule has 0 bridgehead atoms. The van der Waals surface area contributed by atoms with Gasteiger partial charge in [0.1, 0.15) is 0 Å². The van der Waals surface area contributed by atoms with Crippen LogP contribution < -0.4 is 11.1 Å². The van der Waals surface area contributed by atoms with E-state index in [1.165, 1.54) is 19.3 Å². The Balaban J connectivity index is 2.05. The van der Waals surface area contributed by atoms with E-state index in [-0.39, 0.29) is 5.91 Å². The monoisotopic (exact) mass is 170 g/mol. The van der Waals surface area contributed by atoms with Crippen LogP contribution in [-0.4, -0.2) is 11.9 Å². The zero-order chi connectivity index (χ0) is 8.97. The van der Waals surface area contributed by atoms with Gasteiger partial charge in [-0.1, -0.05) is 19.3 Å². The molecule has 1 rings (SSSR count). The number of nitrogens with two attached hydrogens (primary N) is 1. The fraction of sp³-hybridized carbons (Fsp3) is 0.750. The highest BCUT2D eigenvalue weighted by Crippen LogP contribution is 2.30. The molecule has 0 unspecified atom stereocenters. The molecule has 0 saturated heterocycles. The summed E-state index contributed by atoms with van der Waals surface area (Å²) in [5.74, 6) is 0.443. The highest BCUT2D eigenvalue weighted by atomic mass is 16.2. The molecule has 0 aliphatic heterocycles. The molecule has 1 aliphatic rings. The number of hydrogen-bond acceptors (Lipinski definition) is 2. The number of primary amides is 1. The van der Waals surface area contributed by atoms with Crippen molar-refractivity contribution in [3.8, 4) is 0 Å².